The van der Waals surface area contributed by atoms with Gasteiger partial charge in [0.25, 0.3) is 0 Å². The van der Waals surface area contributed by atoms with Crippen molar-refractivity contribution < 1.29 is 9.59 Å². The molecule has 2 amide bonds. The third-order valence-electron chi connectivity index (χ3n) is 4.34. The molecule has 120 valence electrons. The number of carbonyl (C=O) groups is 2. The van der Waals surface area contributed by atoms with Crippen LogP contribution in [0.3, 0.4) is 0 Å². The molecule has 2 fully saturated rings. The van der Waals surface area contributed by atoms with Gasteiger partial charge in [-0.1, -0.05) is 0 Å². The summed E-state index contributed by atoms with van der Waals surface area (Å²) in [5.74, 6) is 0.0607. The Morgan fingerprint density at radius 3 is 3.00 bits per heavy atom. The average Bonchev–Trinajstić information content (AvgIpc) is 3.03. The first-order valence-electron chi connectivity index (χ1n) is 7.70. The van der Waals surface area contributed by atoms with Gasteiger partial charge >= 0.3 is 0 Å². The van der Waals surface area contributed by atoms with Crippen molar-refractivity contribution in [3.05, 3.63) is 16.1 Å². The van der Waals surface area contributed by atoms with Crippen LogP contribution in [0.15, 0.2) is 5.38 Å². The predicted octanol–water partition coefficient (Wildman–Crippen LogP) is 0.763. The molecule has 2 atom stereocenters. The lowest BCUT2D eigenvalue weighted by molar-refractivity contribution is -0.140. The predicted molar refractivity (Wildman–Crippen MR) is 84.5 cm³/mol. The number of aromatic nitrogens is 1. The van der Waals surface area contributed by atoms with E-state index in [0.29, 0.717) is 31.6 Å². The number of fused-ring (bicyclic) bond motifs is 2. The Kier molecular flexibility index (Phi) is 4.44. The largest absolute Gasteiger partial charge is 0.337 e. The van der Waals surface area contributed by atoms with Crippen LogP contribution in [0.25, 0.3) is 0 Å². The highest BCUT2D eigenvalue weighted by molar-refractivity contribution is 7.09. The van der Waals surface area contributed by atoms with E-state index in [9.17, 15) is 9.59 Å². The molecule has 0 aromatic carbocycles. The van der Waals surface area contributed by atoms with E-state index in [0.717, 1.165) is 23.5 Å². The van der Waals surface area contributed by atoms with Crippen molar-refractivity contribution in [2.24, 2.45) is 0 Å². The maximum atomic E-state index is 12.4. The molecule has 2 bridgehead atoms. The third-order valence-corrected chi connectivity index (χ3v) is 5.29. The molecule has 3 heterocycles. The number of amides is 2. The molecular weight excluding hydrogens is 300 g/mol. The van der Waals surface area contributed by atoms with Crippen LogP contribution in [0.2, 0.25) is 0 Å². The first-order valence-corrected chi connectivity index (χ1v) is 8.58. The van der Waals surface area contributed by atoms with E-state index in [1.807, 2.05) is 12.3 Å². The van der Waals surface area contributed by atoms with E-state index in [2.05, 4.69) is 10.3 Å². The number of aryl methyl sites for hydroxylation is 1. The molecule has 0 radical (unpaired) electrons. The van der Waals surface area contributed by atoms with Crippen LogP contribution in [0.1, 0.15) is 30.0 Å². The third kappa shape index (κ3) is 3.47. The van der Waals surface area contributed by atoms with Crippen molar-refractivity contribution in [2.75, 3.05) is 20.1 Å². The molecule has 2 saturated heterocycles. The number of hydrogen-bond donors (Lipinski definition) is 1. The summed E-state index contributed by atoms with van der Waals surface area (Å²) in [6, 6.07) is 0.643. The Hall–Kier alpha value is -1.47. The van der Waals surface area contributed by atoms with Crippen LogP contribution in [0.5, 0.6) is 0 Å². The molecule has 22 heavy (non-hydrogen) atoms. The summed E-state index contributed by atoms with van der Waals surface area (Å²) in [5.41, 5.74) is 0.977. The summed E-state index contributed by atoms with van der Waals surface area (Å²) in [6.45, 7) is 3.26. The van der Waals surface area contributed by atoms with Gasteiger partial charge in [0.2, 0.25) is 11.8 Å². The number of hydrogen-bond acceptors (Lipinski definition) is 5. The summed E-state index contributed by atoms with van der Waals surface area (Å²) < 4.78 is 0. The molecule has 7 heteroatoms. The number of likely N-dealkylation sites (tertiary alicyclic amines) is 1. The van der Waals surface area contributed by atoms with Crippen molar-refractivity contribution in [3.8, 4) is 0 Å². The first kappa shape index (κ1) is 15.4. The zero-order valence-corrected chi connectivity index (χ0v) is 13.9. The zero-order chi connectivity index (χ0) is 15.7. The maximum Gasteiger partial charge on any atom is 0.242 e. The van der Waals surface area contributed by atoms with Gasteiger partial charge in [-0.2, -0.15) is 0 Å². The van der Waals surface area contributed by atoms with Gasteiger partial charge in [-0.15, -0.1) is 11.3 Å². The number of nitrogens with one attached hydrogen (secondary N) is 1. The highest BCUT2D eigenvalue weighted by Crippen LogP contribution is 2.21. The van der Waals surface area contributed by atoms with Gasteiger partial charge in [0.05, 0.1) is 13.1 Å². The number of rotatable bonds is 4. The molecule has 0 saturated carbocycles. The number of carbonyl (C=O) groups excluding carboxylic acids is 2. The molecule has 1 aromatic heterocycles. The summed E-state index contributed by atoms with van der Waals surface area (Å²) in [5, 5.41) is 6.37. The Labute approximate surface area is 134 Å². The summed E-state index contributed by atoms with van der Waals surface area (Å²) in [4.78, 5) is 32.3. The van der Waals surface area contributed by atoms with E-state index in [1.54, 1.807) is 28.2 Å². The molecule has 6 nitrogen and oxygen atoms in total. The first-order chi connectivity index (χ1) is 10.5. The van der Waals surface area contributed by atoms with Crippen molar-refractivity contribution in [1.29, 1.82) is 0 Å². The number of thiazole rings is 1. The average molecular weight is 322 g/mol. The molecule has 2 unspecified atom stereocenters. The molecule has 2 aliphatic rings. The molecule has 3 rings (SSSR count). The molecule has 0 spiro atoms. The van der Waals surface area contributed by atoms with E-state index in [1.165, 1.54) is 0 Å². The Morgan fingerprint density at radius 2 is 2.27 bits per heavy atom. The minimum Gasteiger partial charge on any atom is -0.337 e. The monoisotopic (exact) mass is 322 g/mol. The van der Waals surface area contributed by atoms with Crippen molar-refractivity contribution in [1.82, 2.24) is 20.1 Å². The fraction of sp³-hybridized carbons (Fsp3) is 0.667. The fourth-order valence-corrected chi connectivity index (χ4v) is 3.94. The lowest BCUT2D eigenvalue weighted by Gasteiger charge is -2.26. The van der Waals surface area contributed by atoms with E-state index < -0.39 is 0 Å². The van der Waals surface area contributed by atoms with E-state index in [-0.39, 0.29) is 18.4 Å². The SMILES string of the molecule is Cc1csc(CN(C)C(=O)CN2CC3CCC(CC2=O)N3)n1. The highest BCUT2D eigenvalue weighted by atomic mass is 32.1. The van der Waals surface area contributed by atoms with Crippen molar-refractivity contribution in [2.45, 2.75) is 44.8 Å². The van der Waals surface area contributed by atoms with Gasteiger partial charge in [0.15, 0.2) is 0 Å². The van der Waals surface area contributed by atoms with E-state index >= 15 is 0 Å². The molecule has 1 aromatic rings. The maximum absolute atomic E-state index is 12.4. The Balaban J connectivity index is 1.57. The van der Waals surface area contributed by atoms with Gasteiger partial charge in [0.1, 0.15) is 5.01 Å². The fourth-order valence-electron chi connectivity index (χ4n) is 3.12. The summed E-state index contributed by atoms with van der Waals surface area (Å²) in [6.07, 6.45) is 2.68. The standard InChI is InChI=1S/C15H22N4O2S/c1-10-9-22-13(16-10)7-18(2)15(21)8-19-6-12-4-3-11(17-12)5-14(19)20/h9,11-12,17H,3-8H2,1-2H3. The van der Waals surface area contributed by atoms with Gasteiger partial charge < -0.3 is 15.1 Å². The minimum absolute atomic E-state index is 0.0287. The molecular formula is C15H22N4O2S. The topological polar surface area (TPSA) is 65.5 Å². The van der Waals surface area contributed by atoms with E-state index in [4.69, 9.17) is 0 Å². The second kappa shape index (κ2) is 6.34. The second-order valence-corrected chi connectivity index (χ2v) is 7.19. The van der Waals surface area contributed by atoms with Crippen molar-refractivity contribution >= 4 is 23.2 Å². The van der Waals surface area contributed by atoms with Crippen molar-refractivity contribution in [3.63, 3.8) is 0 Å². The molecule has 1 N–H and O–H groups in total. The normalized spacial score (nSPS) is 24.5. The quantitative estimate of drug-likeness (QED) is 0.889. The van der Waals surface area contributed by atoms with Crippen LogP contribution < -0.4 is 5.32 Å². The van der Waals surface area contributed by atoms with Gasteiger partial charge in [-0.05, 0) is 19.8 Å². The van der Waals surface area contributed by atoms with Gasteiger partial charge in [-0.25, -0.2) is 4.98 Å². The second-order valence-electron chi connectivity index (χ2n) is 6.25. The van der Waals surface area contributed by atoms with Gasteiger partial charge in [0, 0.05) is 43.2 Å². The van der Waals surface area contributed by atoms with Crippen LogP contribution in [-0.4, -0.2) is 58.8 Å². The smallest absolute Gasteiger partial charge is 0.242 e. The van der Waals surface area contributed by atoms with Crippen LogP contribution in [0, 0.1) is 6.92 Å². The summed E-state index contributed by atoms with van der Waals surface area (Å²) >= 11 is 1.56. The lowest BCUT2D eigenvalue weighted by Crippen LogP contribution is -2.44. The van der Waals surface area contributed by atoms with Gasteiger partial charge in [-0.3, -0.25) is 9.59 Å². The summed E-state index contributed by atoms with van der Waals surface area (Å²) in [7, 11) is 1.77. The molecule has 2 aliphatic heterocycles. The number of likely N-dealkylation sites (N-methyl/N-ethyl adjacent to an activating group) is 1. The minimum atomic E-state index is -0.0287. The van der Waals surface area contributed by atoms with Crippen LogP contribution in [0.4, 0.5) is 0 Å². The van der Waals surface area contributed by atoms with Crippen LogP contribution >= 0.6 is 11.3 Å². The van der Waals surface area contributed by atoms with Crippen LogP contribution in [-0.2, 0) is 16.1 Å². The Morgan fingerprint density at radius 1 is 1.50 bits per heavy atom. The zero-order valence-electron chi connectivity index (χ0n) is 13.0. The highest BCUT2D eigenvalue weighted by Gasteiger charge is 2.34. The Bertz CT molecular complexity index is 574. The number of nitrogens with zero attached hydrogens (tertiary/aromatic N) is 3. The molecule has 0 aliphatic carbocycles. The lowest BCUT2D eigenvalue weighted by atomic mass is 10.1.